The average molecular weight is 663 g/mol. The van der Waals surface area contributed by atoms with Crippen LogP contribution in [0.5, 0.6) is 5.75 Å². The summed E-state index contributed by atoms with van der Waals surface area (Å²) in [6, 6.07) is 32.8. The van der Waals surface area contributed by atoms with Crippen LogP contribution in [0.1, 0.15) is 52.8 Å². The minimum atomic E-state index is -4.42. The van der Waals surface area contributed by atoms with Crippen LogP contribution in [0.4, 0.5) is 5.69 Å². The molecule has 0 fully saturated rings. The van der Waals surface area contributed by atoms with Crippen LogP contribution in [0.25, 0.3) is 39.4 Å². The summed E-state index contributed by atoms with van der Waals surface area (Å²) in [5, 5.41) is -1.03. The van der Waals surface area contributed by atoms with Gasteiger partial charge in [-0.3, -0.25) is 0 Å². The summed E-state index contributed by atoms with van der Waals surface area (Å²) in [7, 11) is -4.42. The zero-order valence-electron chi connectivity index (χ0n) is 27.9. The van der Waals surface area contributed by atoms with E-state index in [9.17, 15) is 13.0 Å². The van der Waals surface area contributed by atoms with Crippen molar-refractivity contribution in [3.8, 4) is 28.0 Å². The van der Waals surface area contributed by atoms with Crippen molar-refractivity contribution < 1.29 is 26.7 Å². The lowest BCUT2D eigenvalue weighted by molar-refractivity contribution is -0.678. The van der Waals surface area contributed by atoms with Crippen LogP contribution >= 0.6 is 0 Å². The van der Waals surface area contributed by atoms with E-state index in [1.54, 1.807) is 0 Å². The van der Waals surface area contributed by atoms with Crippen LogP contribution in [-0.4, -0.2) is 24.8 Å². The molecule has 0 saturated carbocycles. The maximum absolute atomic E-state index is 11.8. The Hall–Kier alpha value is -4.66. The number of nitrogens with zero attached hydrogens (tertiary/aromatic N) is 2. The molecule has 5 aromatic rings. The molecule has 0 aliphatic carbocycles. The van der Waals surface area contributed by atoms with Crippen LogP contribution < -0.4 is 14.2 Å². The molecule has 2 heterocycles. The highest BCUT2D eigenvalue weighted by Crippen LogP contribution is 2.42. The molecule has 4 aromatic carbocycles. The summed E-state index contributed by atoms with van der Waals surface area (Å²) in [6.45, 7) is 9.10. The quantitative estimate of drug-likeness (QED) is 0.0979. The Balaban J connectivity index is 1.40. The van der Waals surface area contributed by atoms with Gasteiger partial charge in [-0.15, -0.1) is 0 Å². The number of benzene rings is 4. The van der Waals surface area contributed by atoms with Gasteiger partial charge >= 0.3 is 5.89 Å². The zero-order chi connectivity index (χ0) is 33.8. The van der Waals surface area contributed by atoms with E-state index in [1.165, 1.54) is 6.92 Å². The first-order valence-electron chi connectivity index (χ1n) is 16.6. The van der Waals surface area contributed by atoms with Crippen molar-refractivity contribution in [2.75, 3.05) is 11.4 Å². The number of hydrogen-bond acceptors (Lipinski definition) is 6. The second-order valence-electron chi connectivity index (χ2n) is 12.8. The van der Waals surface area contributed by atoms with E-state index in [0.29, 0.717) is 30.4 Å². The number of aryl methyl sites for hydroxylation is 1. The molecule has 1 aliphatic rings. The van der Waals surface area contributed by atoms with Gasteiger partial charge in [-0.25, -0.2) is 8.42 Å². The second-order valence-corrected chi connectivity index (χ2v) is 14.6. The number of oxazole rings is 1. The third kappa shape index (κ3) is 7.40. The Morgan fingerprint density at radius 2 is 1.50 bits per heavy atom. The first kappa shape index (κ1) is 33.2. The van der Waals surface area contributed by atoms with Crippen molar-refractivity contribution in [1.82, 2.24) is 0 Å². The number of hydrogen-bond donors (Lipinski definition) is 0. The van der Waals surface area contributed by atoms with E-state index < -0.39 is 15.4 Å². The van der Waals surface area contributed by atoms with Crippen LogP contribution in [0, 0.1) is 5.92 Å². The highest BCUT2D eigenvalue weighted by molar-refractivity contribution is 7.86. The standard InChI is InChI=1S/C40H42N2O5S/c1-5-30(24-39-41(22-20-28(2)3)35-26-33(16-18-37(35)46-39)31-12-8-6-9-13-31)25-40-42(23-21-29(4)48(43,44)45)36-27-34(17-19-38(36)47-40)32-14-10-7-11-15-32/h6-19,24-29H,5,20-23H2,1-4H3. The smallest absolute Gasteiger partial charge is 0.374 e. The average Bonchev–Trinajstić information content (AvgIpc) is 3.61. The number of rotatable bonds is 12. The van der Waals surface area contributed by atoms with Gasteiger partial charge < -0.3 is 18.6 Å². The van der Waals surface area contributed by atoms with Crippen LogP contribution in [0.3, 0.4) is 0 Å². The third-order valence-corrected chi connectivity index (χ3v) is 10.1. The van der Waals surface area contributed by atoms with Crippen LogP contribution in [-0.2, 0) is 16.7 Å². The fourth-order valence-corrected chi connectivity index (χ4v) is 6.30. The minimum Gasteiger partial charge on any atom is -0.748 e. The van der Waals surface area contributed by atoms with Crippen molar-refractivity contribution in [2.45, 2.75) is 58.8 Å². The minimum absolute atomic E-state index is 0.162. The van der Waals surface area contributed by atoms with E-state index in [4.69, 9.17) is 9.15 Å². The lowest BCUT2D eigenvalue weighted by atomic mass is 10.0. The molecule has 1 aliphatic heterocycles. The third-order valence-electron chi connectivity index (χ3n) is 8.88. The molecule has 1 unspecified atom stereocenters. The SMILES string of the molecule is CCC(/C=C1\Oc2ccc(-c3ccccc3)cc2N1CCC(C)C)=C\c1oc2ccc(-c3ccccc3)cc2[n+]1CCC(C)S(=O)(=O)[O-]. The molecule has 0 amide bonds. The van der Waals surface area contributed by atoms with Gasteiger partial charge in [0.1, 0.15) is 0 Å². The van der Waals surface area contributed by atoms with Crippen LogP contribution in [0.2, 0.25) is 0 Å². The van der Waals surface area contributed by atoms with E-state index in [-0.39, 0.29) is 6.42 Å². The predicted molar refractivity (Wildman–Crippen MR) is 191 cm³/mol. The molecule has 0 spiro atoms. The first-order valence-corrected chi connectivity index (χ1v) is 18.1. The predicted octanol–water partition coefficient (Wildman–Crippen LogP) is 8.96. The van der Waals surface area contributed by atoms with E-state index in [2.05, 4.69) is 62.1 Å². The number of ether oxygens (including phenoxy) is 1. The van der Waals surface area contributed by atoms with E-state index in [0.717, 1.165) is 63.6 Å². The number of anilines is 1. The summed E-state index contributed by atoms with van der Waals surface area (Å²) >= 11 is 0. The van der Waals surface area contributed by atoms with E-state index in [1.807, 2.05) is 77.4 Å². The Morgan fingerprint density at radius 1 is 0.854 bits per heavy atom. The molecule has 0 radical (unpaired) electrons. The fraction of sp³-hybridized carbons (Fsp3) is 0.275. The molecule has 6 rings (SSSR count). The highest BCUT2D eigenvalue weighted by Gasteiger charge is 2.28. The molecule has 248 valence electrons. The second kappa shape index (κ2) is 14.2. The molecule has 1 atom stereocenters. The van der Waals surface area contributed by atoms with Gasteiger partial charge in [0.25, 0.3) is 5.52 Å². The van der Waals surface area contributed by atoms with Crippen molar-refractivity contribution in [2.24, 2.45) is 5.92 Å². The maximum Gasteiger partial charge on any atom is 0.374 e. The summed E-state index contributed by atoms with van der Waals surface area (Å²) in [5.41, 5.74) is 7.90. The number of fused-ring (bicyclic) bond motifs is 2. The molecular weight excluding hydrogens is 621 g/mol. The topological polar surface area (TPSA) is 86.7 Å². The summed E-state index contributed by atoms with van der Waals surface area (Å²) in [4.78, 5) is 2.25. The monoisotopic (exact) mass is 662 g/mol. The molecular formula is C40H42N2O5S. The van der Waals surface area contributed by atoms with Gasteiger partial charge in [0.05, 0.1) is 27.1 Å². The molecule has 1 aromatic heterocycles. The molecule has 0 N–H and O–H groups in total. The van der Waals surface area contributed by atoms with Crippen molar-refractivity contribution in [3.63, 3.8) is 0 Å². The largest absolute Gasteiger partial charge is 0.748 e. The maximum atomic E-state index is 11.8. The normalized spacial score (nSPS) is 14.9. The number of allylic oxidation sites excluding steroid dienone is 2. The zero-order valence-corrected chi connectivity index (χ0v) is 28.7. The lowest BCUT2D eigenvalue weighted by Gasteiger charge is -2.20. The molecule has 8 heteroatoms. The van der Waals surface area contributed by atoms with Crippen molar-refractivity contribution >= 4 is 33.0 Å². The van der Waals surface area contributed by atoms with Crippen molar-refractivity contribution in [3.05, 3.63) is 120 Å². The first-order chi connectivity index (χ1) is 23.1. The highest BCUT2D eigenvalue weighted by atomic mass is 32.2. The summed E-state index contributed by atoms with van der Waals surface area (Å²) in [6.07, 6.45) is 5.92. The molecule has 7 nitrogen and oxygen atoms in total. The number of aromatic nitrogens is 1. The Labute approximate surface area is 283 Å². The van der Waals surface area contributed by atoms with Gasteiger partial charge in [0, 0.05) is 25.1 Å². The molecule has 0 bridgehead atoms. The summed E-state index contributed by atoms with van der Waals surface area (Å²) < 4.78 is 50.3. The van der Waals surface area contributed by atoms with E-state index >= 15 is 0 Å². The summed E-state index contributed by atoms with van der Waals surface area (Å²) in [5.74, 6) is 2.67. The lowest BCUT2D eigenvalue weighted by Crippen LogP contribution is -2.37. The molecule has 48 heavy (non-hydrogen) atoms. The van der Waals surface area contributed by atoms with Gasteiger partial charge in [-0.1, -0.05) is 93.6 Å². The van der Waals surface area contributed by atoms with Gasteiger partial charge in [-0.05, 0) is 71.7 Å². The van der Waals surface area contributed by atoms with Gasteiger partial charge in [0.15, 0.2) is 12.3 Å². The Bertz CT molecular complexity index is 2070. The van der Waals surface area contributed by atoms with Gasteiger partial charge in [-0.2, -0.15) is 4.57 Å². The molecule has 0 saturated heterocycles. The van der Waals surface area contributed by atoms with Crippen molar-refractivity contribution in [1.29, 1.82) is 0 Å². The fourth-order valence-electron chi connectivity index (χ4n) is 5.90. The van der Waals surface area contributed by atoms with Gasteiger partial charge in [0.2, 0.25) is 11.5 Å². The Morgan fingerprint density at radius 3 is 2.12 bits per heavy atom. The van der Waals surface area contributed by atoms with Crippen LogP contribution in [0.15, 0.2) is 119 Å². The Kier molecular flexibility index (Phi) is 9.85.